The maximum atomic E-state index is 15.7. The van der Waals surface area contributed by atoms with Crippen LogP contribution in [0.1, 0.15) is 41.3 Å². The predicted molar refractivity (Wildman–Crippen MR) is 119 cm³/mol. The van der Waals surface area contributed by atoms with Gasteiger partial charge in [0, 0.05) is 31.4 Å². The molecule has 2 aromatic rings. The summed E-state index contributed by atoms with van der Waals surface area (Å²) >= 11 is 0. The van der Waals surface area contributed by atoms with Crippen LogP contribution >= 0.6 is 0 Å². The summed E-state index contributed by atoms with van der Waals surface area (Å²) in [5, 5.41) is 16.0. The van der Waals surface area contributed by atoms with E-state index in [-0.39, 0.29) is 30.8 Å². The summed E-state index contributed by atoms with van der Waals surface area (Å²) in [7, 11) is 1.16. The molecular formula is C23H25FN6O3. The Labute approximate surface area is 191 Å². The molecule has 1 aliphatic heterocycles. The number of ether oxygens (including phenoxy) is 1. The molecule has 10 heteroatoms. The number of amides is 2. The Hall–Kier alpha value is -3.89. The second kappa shape index (κ2) is 10.2. The standard InChI is InChI=1S/C23H25FN6O3/c1-3-4-16-5-7-17(8-6-16)13-29-12-10-23(9-11-25,19(24)15-29)30-14-18(20(26)31)21(28-30)27-22(32)33-2/h5-8,14,19H,9-10,12-13,15H2,1-2H3,(H2,26,31)(H,27,28,32). The van der Waals surface area contributed by atoms with Gasteiger partial charge in [0.2, 0.25) is 0 Å². The van der Waals surface area contributed by atoms with E-state index < -0.39 is 23.7 Å². The van der Waals surface area contributed by atoms with E-state index in [4.69, 9.17) is 5.73 Å². The van der Waals surface area contributed by atoms with Gasteiger partial charge in [-0.3, -0.25) is 19.7 Å². The van der Waals surface area contributed by atoms with Crippen LogP contribution in [0, 0.1) is 23.2 Å². The summed E-state index contributed by atoms with van der Waals surface area (Å²) in [5.74, 6) is 4.85. The van der Waals surface area contributed by atoms with E-state index in [1.54, 1.807) is 6.92 Å². The quantitative estimate of drug-likeness (QED) is 0.648. The fraction of sp³-hybridized carbons (Fsp3) is 0.391. The number of likely N-dealkylation sites (tertiary alicyclic amines) is 1. The lowest BCUT2D eigenvalue weighted by Crippen LogP contribution is -2.54. The third kappa shape index (κ3) is 5.13. The fourth-order valence-corrected chi connectivity index (χ4v) is 3.93. The molecule has 0 saturated carbocycles. The second-order valence-electron chi connectivity index (χ2n) is 7.78. The summed E-state index contributed by atoms with van der Waals surface area (Å²) in [4.78, 5) is 25.4. The van der Waals surface area contributed by atoms with E-state index in [2.05, 4.69) is 27.0 Å². The van der Waals surface area contributed by atoms with Gasteiger partial charge in [0.25, 0.3) is 5.91 Å². The van der Waals surface area contributed by atoms with Crippen LogP contribution in [0.25, 0.3) is 0 Å². The number of piperidine rings is 1. The Balaban J connectivity index is 1.83. The first-order valence-electron chi connectivity index (χ1n) is 10.3. The summed E-state index contributed by atoms with van der Waals surface area (Å²) in [6.07, 6.45) is -0.911. The number of rotatable bonds is 6. The second-order valence-corrected chi connectivity index (χ2v) is 7.78. The maximum Gasteiger partial charge on any atom is 0.412 e. The Kier molecular flexibility index (Phi) is 7.31. The molecule has 3 rings (SSSR count). The highest BCUT2D eigenvalue weighted by Gasteiger charge is 2.46. The van der Waals surface area contributed by atoms with Crippen molar-refractivity contribution in [2.75, 3.05) is 25.5 Å². The molecule has 1 aliphatic rings. The first-order valence-corrected chi connectivity index (χ1v) is 10.3. The molecule has 172 valence electrons. The van der Waals surface area contributed by atoms with Gasteiger partial charge in [-0.1, -0.05) is 18.1 Å². The van der Waals surface area contributed by atoms with Gasteiger partial charge in [0.1, 0.15) is 17.3 Å². The van der Waals surface area contributed by atoms with Crippen molar-refractivity contribution < 1.29 is 18.7 Å². The number of nitriles is 1. The van der Waals surface area contributed by atoms with Gasteiger partial charge in [0.05, 0.1) is 19.6 Å². The minimum absolute atomic E-state index is 0.0731. The molecule has 2 amide bonds. The number of hydrogen-bond donors (Lipinski definition) is 2. The van der Waals surface area contributed by atoms with Crippen LogP contribution < -0.4 is 11.1 Å². The molecule has 1 fully saturated rings. The number of primary amides is 1. The number of nitrogens with two attached hydrogens (primary N) is 1. The molecule has 0 radical (unpaired) electrons. The molecule has 2 atom stereocenters. The molecule has 1 saturated heterocycles. The zero-order valence-corrected chi connectivity index (χ0v) is 18.5. The molecule has 2 unspecified atom stereocenters. The number of methoxy groups -OCH3 is 1. The Morgan fingerprint density at radius 3 is 2.70 bits per heavy atom. The predicted octanol–water partition coefficient (Wildman–Crippen LogP) is 2.38. The average Bonchev–Trinajstić information content (AvgIpc) is 3.22. The highest BCUT2D eigenvalue weighted by atomic mass is 19.1. The van der Waals surface area contributed by atoms with Crippen LogP contribution in [-0.4, -0.2) is 53.1 Å². The maximum absolute atomic E-state index is 15.7. The number of aromatic nitrogens is 2. The van der Waals surface area contributed by atoms with E-state index in [0.29, 0.717) is 13.1 Å². The summed E-state index contributed by atoms with van der Waals surface area (Å²) in [6, 6.07) is 9.81. The van der Waals surface area contributed by atoms with Gasteiger partial charge in [-0.15, -0.1) is 5.92 Å². The fourth-order valence-electron chi connectivity index (χ4n) is 3.93. The lowest BCUT2D eigenvalue weighted by Gasteiger charge is -2.43. The van der Waals surface area contributed by atoms with Crippen molar-refractivity contribution in [3.8, 4) is 17.9 Å². The van der Waals surface area contributed by atoms with Crippen molar-refractivity contribution in [1.82, 2.24) is 14.7 Å². The Morgan fingerprint density at radius 2 is 2.12 bits per heavy atom. The smallest absolute Gasteiger partial charge is 0.412 e. The van der Waals surface area contributed by atoms with Crippen molar-refractivity contribution in [3.05, 3.63) is 47.2 Å². The highest BCUT2D eigenvalue weighted by Crippen LogP contribution is 2.37. The van der Waals surface area contributed by atoms with Crippen LogP contribution in [0.2, 0.25) is 0 Å². The first-order chi connectivity index (χ1) is 15.8. The molecular weight excluding hydrogens is 427 g/mol. The van der Waals surface area contributed by atoms with Gasteiger partial charge in [-0.2, -0.15) is 10.4 Å². The molecule has 33 heavy (non-hydrogen) atoms. The van der Waals surface area contributed by atoms with Crippen LogP contribution in [0.5, 0.6) is 0 Å². The largest absolute Gasteiger partial charge is 0.453 e. The first kappa shape index (κ1) is 23.8. The number of anilines is 1. The molecule has 0 spiro atoms. The zero-order chi connectivity index (χ0) is 24.0. The molecule has 0 aliphatic carbocycles. The van der Waals surface area contributed by atoms with Crippen LogP contribution in [0.4, 0.5) is 15.0 Å². The van der Waals surface area contributed by atoms with Crippen LogP contribution in [-0.2, 0) is 16.8 Å². The highest BCUT2D eigenvalue weighted by molar-refractivity contribution is 6.00. The Morgan fingerprint density at radius 1 is 1.39 bits per heavy atom. The van der Waals surface area contributed by atoms with Gasteiger partial charge in [-0.25, -0.2) is 9.18 Å². The number of halogens is 1. The zero-order valence-electron chi connectivity index (χ0n) is 18.5. The number of benzene rings is 1. The number of nitrogens with one attached hydrogen (secondary N) is 1. The van der Waals surface area contributed by atoms with Gasteiger partial charge < -0.3 is 10.5 Å². The minimum atomic E-state index is -1.46. The molecule has 2 heterocycles. The number of carbonyl (C=O) groups is 2. The number of nitrogens with zero attached hydrogens (tertiary/aromatic N) is 4. The lowest BCUT2D eigenvalue weighted by molar-refractivity contribution is 0.00694. The van der Waals surface area contributed by atoms with Gasteiger partial charge >= 0.3 is 6.09 Å². The van der Waals surface area contributed by atoms with E-state index in [1.165, 1.54) is 10.9 Å². The van der Waals surface area contributed by atoms with E-state index >= 15 is 4.39 Å². The van der Waals surface area contributed by atoms with Crippen molar-refractivity contribution in [1.29, 1.82) is 5.26 Å². The molecule has 9 nitrogen and oxygen atoms in total. The van der Waals surface area contributed by atoms with Crippen molar-refractivity contribution in [3.63, 3.8) is 0 Å². The molecule has 1 aromatic heterocycles. The van der Waals surface area contributed by atoms with Crippen molar-refractivity contribution >= 4 is 17.8 Å². The van der Waals surface area contributed by atoms with E-state index in [0.717, 1.165) is 18.2 Å². The summed E-state index contributed by atoms with van der Waals surface area (Å²) in [5.41, 5.74) is 5.95. The third-order valence-electron chi connectivity index (χ3n) is 5.72. The normalized spacial score (nSPS) is 20.2. The van der Waals surface area contributed by atoms with Crippen LogP contribution in [0.15, 0.2) is 30.5 Å². The monoisotopic (exact) mass is 452 g/mol. The minimum Gasteiger partial charge on any atom is -0.453 e. The van der Waals surface area contributed by atoms with Crippen molar-refractivity contribution in [2.24, 2.45) is 5.73 Å². The SMILES string of the molecule is CC#Cc1ccc(CN2CCC(CC#N)(n3cc(C(N)=O)c(NC(=O)OC)n3)C(F)C2)cc1. The van der Waals surface area contributed by atoms with Gasteiger partial charge in [-0.05, 0) is 31.0 Å². The topological polar surface area (TPSA) is 126 Å². The molecule has 3 N–H and O–H groups in total. The molecule has 1 aromatic carbocycles. The lowest BCUT2D eigenvalue weighted by atomic mass is 9.83. The number of hydrogen-bond acceptors (Lipinski definition) is 6. The number of carbonyl (C=O) groups excluding carboxylic acids is 2. The van der Waals surface area contributed by atoms with E-state index in [1.807, 2.05) is 35.2 Å². The summed E-state index contributed by atoms with van der Waals surface area (Å²) < 4.78 is 21.5. The summed E-state index contributed by atoms with van der Waals surface area (Å²) in [6.45, 7) is 2.90. The molecule has 0 bridgehead atoms. The van der Waals surface area contributed by atoms with Gasteiger partial charge in [0.15, 0.2) is 5.82 Å². The average molecular weight is 452 g/mol. The third-order valence-corrected chi connectivity index (χ3v) is 5.72. The number of alkyl halides is 1. The van der Waals surface area contributed by atoms with E-state index in [9.17, 15) is 14.9 Å². The Bertz CT molecular complexity index is 1130. The van der Waals surface area contributed by atoms with Crippen molar-refractivity contribution in [2.45, 2.75) is 38.0 Å². The van der Waals surface area contributed by atoms with Crippen LogP contribution in [0.3, 0.4) is 0 Å².